The number of primary amides is 1. The number of carbonyl (C=O) groups is 2. The summed E-state index contributed by atoms with van der Waals surface area (Å²) in [7, 11) is 0. The second-order valence-electron chi connectivity index (χ2n) is 4.60. The molecule has 0 aliphatic heterocycles. The second kappa shape index (κ2) is 5.66. The normalized spacial score (nSPS) is 12.1. The lowest BCUT2D eigenvalue weighted by molar-refractivity contribution is -0.123. The Morgan fingerprint density at radius 3 is 2.80 bits per heavy atom. The molecule has 1 unspecified atom stereocenters. The van der Waals surface area contributed by atoms with Gasteiger partial charge in [-0.2, -0.15) is 0 Å². The lowest BCUT2D eigenvalue weighted by atomic mass is 10.1. The van der Waals surface area contributed by atoms with Crippen LogP contribution in [-0.2, 0) is 9.59 Å². The van der Waals surface area contributed by atoms with Crippen LogP contribution in [0.5, 0.6) is 0 Å². The number of hydrogen-bond acceptors (Lipinski definition) is 4. The van der Waals surface area contributed by atoms with Crippen LogP contribution in [0.3, 0.4) is 0 Å². The molecule has 0 saturated heterocycles. The molecular formula is C14H16N4O2. The summed E-state index contributed by atoms with van der Waals surface area (Å²) in [6, 6.07) is 6.35. The smallest absolute Gasteiger partial charge is 0.241 e. The van der Waals surface area contributed by atoms with E-state index in [-0.39, 0.29) is 6.42 Å². The highest BCUT2D eigenvalue weighted by atomic mass is 16.2. The Bertz CT molecular complexity index is 669. The molecule has 0 radical (unpaired) electrons. The number of aromatic nitrogens is 1. The molecule has 0 fully saturated rings. The molecule has 1 aromatic heterocycles. The van der Waals surface area contributed by atoms with Crippen molar-refractivity contribution in [2.24, 2.45) is 11.5 Å². The fourth-order valence-corrected chi connectivity index (χ4v) is 1.96. The van der Waals surface area contributed by atoms with Gasteiger partial charge in [0.1, 0.15) is 0 Å². The highest BCUT2D eigenvalue weighted by Crippen LogP contribution is 2.24. The largest absolute Gasteiger partial charge is 0.370 e. The van der Waals surface area contributed by atoms with Crippen LogP contribution in [0, 0.1) is 6.92 Å². The number of aryl methyl sites for hydroxylation is 1. The van der Waals surface area contributed by atoms with Crippen molar-refractivity contribution >= 4 is 28.4 Å². The minimum Gasteiger partial charge on any atom is -0.370 e. The number of amides is 2. The van der Waals surface area contributed by atoms with Crippen molar-refractivity contribution in [3.63, 3.8) is 0 Å². The zero-order chi connectivity index (χ0) is 14.7. The van der Waals surface area contributed by atoms with Crippen molar-refractivity contribution in [3.8, 4) is 0 Å². The lowest BCUT2D eigenvalue weighted by Gasteiger charge is -2.13. The topological polar surface area (TPSA) is 111 Å². The maximum atomic E-state index is 11.9. The fraction of sp³-hybridized carbons (Fsp3) is 0.214. The molecule has 0 spiro atoms. The van der Waals surface area contributed by atoms with Crippen LogP contribution in [0.2, 0.25) is 0 Å². The molecule has 104 valence electrons. The number of anilines is 1. The SMILES string of the molecule is Cc1ccc(NC(=O)C(N)CC(N)=O)c2cccnc12. The molecule has 0 aliphatic carbocycles. The van der Waals surface area contributed by atoms with Crippen molar-refractivity contribution in [2.45, 2.75) is 19.4 Å². The third-order valence-corrected chi connectivity index (χ3v) is 2.99. The summed E-state index contributed by atoms with van der Waals surface area (Å²) in [6.45, 7) is 1.94. The quantitative estimate of drug-likeness (QED) is 0.760. The van der Waals surface area contributed by atoms with Gasteiger partial charge in [-0.3, -0.25) is 14.6 Å². The van der Waals surface area contributed by atoms with Gasteiger partial charge in [0, 0.05) is 11.6 Å². The van der Waals surface area contributed by atoms with E-state index in [4.69, 9.17) is 11.5 Å². The summed E-state index contributed by atoms with van der Waals surface area (Å²) in [6.07, 6.45) is 1.51. The molecular weight excluding hydrogens is 256 g/mol. The zero-order valence-electron chi connectivity index (χ0n) is 11.1. The van der Waals surface area contributed by atoms with Gasteiger partial charge in [0.25, 0.3) is 0 Å². The van der Waals surface area contributed by atoms with Gasteiger partial charge in [0.15, 0.2) is 0 Å². The average molecular weight is 272 g/mol. The van der Waals surface area contributed by atoms with Gasteiger partial charge in [0.05, 0.1) is 23.7 Å². The van der Waals surface area contributed by atoms with Crippen LogP contribution >= 0.6 is 0 Å². The number of pyridine rings is 1. The van der Waals surface area contributed by atoms with Crippen molar-refractivity contribution in [2.75, 3.05) is 5.32 Å². The average Bonchev–Trinajstić information content (AvgIpc) is 2.41. The summed E-state index contributed by atoms with van der Waals surface area (Å²) >= 11 is 0. The third kappa shape index (κ3) is 2.92. The molecule has 5 N–H and O–H groups in total. The molecule has 6 nitrogen and oxygen atoms in total. The minimum absolute atomic E-state index is 0.187. The number of benzene rings is 1. The van der Waals surface area contributed by atoms with Crippen LogP contribution in [0.15, 0.2) is 30.5 Å². The van der Waals surface area contributed by atoms with Crippen molar-refractivity contribution in [1.82, 2.24) is 4.98 Å². The predicted molar refractivity (Wildman–Crippen MR) is 76.9 cm³/mol. The number of carbonyl (C=O) groups excluding carboxylic acids is 2. The Hall–Kier alpha value is -2.47. The van der Waals surface area contributed by atoms with Gasteiger partial charge in [-0.1, -0.05) is 6.07 Å². The molecule has 0 bridgehead atoms. The monoisotopic (exact) mass is 272 g/mol. The van der Waals surface area contributed by atoms with Crippen LogP contribution in [0.4, 0.5) is 5.69 Å². The van der Waals surface area contributed by atoms with Crippen molar-refractivity contribution in [3.05, 3.63) is 36.0 Å². The maximum absolute atomic E-state index is 11.9. The number of fused-ring (bicyclic) bond motifs is 1. The highest BCUT2D eigenvalue weighted by molar-refractivity contribution is 6.04. The van der Waals surface area contributed by atoms with E-state index in [1.807, 2.05) is 19.1 Å². The number of nitrogens with two attached hydrogens (primary N) is 2. The first-order chi connectivity index (χ1) is 9.49. The van der Waals surface area contributed by atoms with E-state index in [1.54, 1.807) is 18.3 Å². The first-order valence-electron chi connectivity index (χ1n) is 6.18. The fourth-order valence-electron chi connectivity index (χ4n) is 1.96. The van der Waals surface area contributed by atoms with Crippen LogP contribution in [0.25, 0.3) is 10.9 Å². The molecule has 2 rings (SSSR count). The summed E-state index contributed by atoms with van der Waals surface area (Å²) in [5.41, 5.74) is 13.1. The Kier molecular flexibility index (Phi) is 3.95. The molecule has 0 aliphatic rings. The van der Waals surface area contributed by atoms with Crippen LogP contribution in [0.1, 0.15) is 12.0 Å². The van der Waals surface area contributed by atoms with Crippen molar-refractivity contribution < 1.29 is 9.59 Å². The van der Waals surface area contributed by atoms with E-state index in [1.165, 1.54) is 0 Å². The van der Waals surface area contributed by atoms with E-state index in [0.717, 1.165) is 16.5 Å². The minimum atomic E-state index is -0.958. The van der Waals surface area contributed by atoms with Gasteiger partial charge < -0.3 is 16.8 Å². The molecule has 20 heavy (non-hydrogen) atoms. The Morgan fingerprint density at radius 1 is 1.35 bits per heavy atom. The second-order valence-corrected chi connectivity index (χ2v) is 4.60. The number of hydrogen-bond donors (Lipinski definition) is 3. The van der Waals surface area contributed by atoms with Gasteiger partial charge in [-0.05, 0) is 30.7 Å². The Balaban J connectivity index is 2.28. The summed E-state index contributed by atoms with van der Waals surface area (Å²) in [5, 5.41) is 3.53. The van der Waals surface area contributed by atoms with Gasteiger partial charge in [0.2, 0.25) is 11.8 Å². The molecule has 1 heterocycles. The van der Waals surface area contributed by atoms with E-state index in [2.05, 4.69) is 10.3 Å². The summed E-state index contributed by atoms with van der Waals surface area (Å²) < 4.78 is 0. The lowest BCUT2D eigenvalue weighted by Crippen LogP contribution is -2.39. The van der Waals surface area contributed by atoms with Gasteiger partial charge in [-0.15, -0.1) is 0 Å². The number of nitrogens with zero attached hydrogens (tertiary/aromatic N) is 1. The summed E-state index contributed by atoms with van der Waals surface area (Å²) in [4.78, 5) is 27.0. The standard InChI is InChI=1S/C14H16N4O2/c1-8-4-5-11(9-3-2-6-17-13(8)9)18-14(20)10(15)7-12(16)19/h2-6,10H,7,15H2,1H3,(H2,16,19)(H,18,20). The zero-order valence-corrected chi connectivity index (χ0v) is 11.1. The van der Waals surface area contributed by atoms with Crippen LogP contribution in [-0.4, -0.2) is 22.8 Å². The van der Waals surface area contributed by atoms with E-state index >= 15 is 0 Å². The first-order valence-corrected chi connectivity index (χ1v) is 6.18. The molecule has 2 aromatic rings. The Morgan fingerprint density at radius 2 is 2.10 bits per heavy atom. The van der Waals surface area contributed by atoms with E-state index < -0.39 is 17.9 Å². The van der Waals surface area contributed by atoms with Crippen LogP contribution < -0.4 is 16.8 Å². The predicted octanol–water partition coefficient (Wildman–Crippen LogP) is 0.684. The maximum Gasteiger partial charge on any atom is 0.241 e. The molecule has 2 amide bonds. The van der Waals surface area contributed by atoms with E-state index in [0.29, 0.717) is 5.69 Å². The molecule has 1 atom stereocenters. The van der Waals surface area contributed by atoms with Crippen molar-refractivity contribution in [1.29, 1.82) is 0 Å². The first kappa shape index (κ1) is 14.0. The Labute approximate surface area is 116 Å². The van der Waals surface area contributed by atoms with Gasteiger partial charge >= 0.3 is 0 Å². The molecule has 1 aromatic carbocycles. The summed E-state index contributed by atoms with van der Waals surface area (Å²) in [5.74, 6) is -1.05. The van der Waals surface area contributed by atoms with Gasteiger partial charge in [-0.25, -0.2) is 0 Å². The third-order valence-electron chi connectivity index (χ3n) is 2.99. The molecule has 6 heteroatoms. The number of nitrogens with one attached hydrogen (secondary N) is 1. The van der Waals surface area contributed by atoms with E-state index in [9.17, 15) is 9.59 Å². The number of rotatable bonds is 4. The molecule has 0 saturated carbocycles. The highest BCUT2D eigenvalue weighted by Gasteiger charge is 2.17.